The number of ketones is 1. The number of fused-ring (bicyclic) bond motifs is 1. The molecular weight excluding hydrogens is 377 g/mol. The maximum Gasteiger partial charge on any atom is 0.336 e. The molecule has 0 saturated heterocycles. The van der Waals surface area contributed by atoms with Crippen LogP contribution in [-0.2, 0) is 14.3 Å². The van der Waals surface area contributed by atoms with Gasteiger partial charge >= 0.3 is 5.97 Å². The van der Waals surface area contributed by atoms with Crippen molar-refractivity contribution in [3.05, 3.63) is 57.5 Å². The minimum Gasteiger partial charge on any atom is -0.462 e. The van der Waals surface area contributed by atoms with E-state index >= 15 is 0 Å². The van der Waals surface area contributed by atoms with Gasteiger partial charge in [0.1, 0.15) is 5.82 Å². The molecule has 4 rings (SSSR count). The molecule has 2 aromatic rings. The fourth-order valence-electron chi connectivity index (χ4n) is 3.84. The number of dihydropyridines is 1. The van der Waals surface area contributed by atoms with Crippen LogP contribution >= 0.6 is 11.3 Å². The quantitative estimate of drug-likeness (QED) is 0.733. The van der Waals surface area contributed by atoms with E-state index < -0.39 is 11.9 Å². The van der Waals surface area contributed by atoms with Crippen molar-refractivity contribution in [2.45, 2.75) is 39.5 Å². The molecule has 2 heterocycles. The highest BCUT2D eigenvalue weighted by molar-refractivity contribution is 7.17. The van der Waals surface area contributed by atoms with Crippen LogP contribution in [0.4, 0.5) is 4.39 Å². The Morgan fingerprint density at radius 1 is 1.21 bits per heavy atom. The van der Waals surface area contributed by atoms with Gasteiger partial charge in [0, 0.05) is 27.6 Å². The Morgan fingerprint density at radius 2 is 1.93 bits per heavy atom. The minimum atomic E-state index is -0.569. The van der Waals surface area contributed by atoms with E-state index in [4.69, 9.17) is 4.74 Å². The lowest BCUT2D eigenvalue weighted by Crippen LogP contribution is -2.31. The zero-order valence-corrected chi connectivity index (χ0v) is 16.9. The van der Waals surface area contributed by atoms with E-state index in [0.717, 1.165) is 28.5 Å². The average molecular weight is 399 g/mol. The molecule has 1 aromatic heterocycles. The number of thiophene rings is 1. The zero-order valence-electron chi connectivity index (χ0n) is 16.1. The van der Waals surface area contributed by atoms with Crippen LogP contribution in [0.25, 0.3) is 10.1 Å². The van der Waals surface area contributed by atoms with Gasteiger partial charge in [0.2, 0.25) is 0 Å². The van der Waals surface area contributed by atoms with Crippen LogP contribution in [0.3, 0.4) is 0 Å². The Bertz CT molecular complexity index is 1050. The van der Waals surface area contributed by atoms with Gasteiger partial charge < -0.3 is 10.1 Å². The lowest BCUT2D eigenvalue weighted by atomic mass is 9.79. The molecule has 0 radical (unpaired) electrons. The van der Waals surface area contributed by atoms with Gasteiger partial charge in [-0.05, 0) is 74.1 Å². The predicted molar refractivity (Wildman–Crippen MR) is 107 cm³/mol. The van der Waals surface area contributed by atoms with E-state index in [1.807, 2.05) is 19.2 Å². The standard InChI is InChI=1S/C22H22FNO3S/c1-11-19(13(3)25)21(17-10-28-18-7-6-15(23)8-16(17)18)20(12(2)24-11)22(26)27-9-14-4-5-14/h6-8,10,14,21,24H,4-5,9H2,1-3H3. The third kappa shape index (κ3) is 3.37. The Hall–Kier alpha value is -2.47. The molecule has 2 aliphatic rings. The van der Waals surface area contributed by atoms with Crippen LogP contribution < -0.4 is 5.32 Å². The van der Waals surface area contributed by atoms with Crippen molar-refractivity contribution >= 4 is 33.2 Å². The van der Waals surface area contributed by atoms with Gasteiger partial charge in [0.05, 0.1) is 12.2 Å². The summed E-state index contributed by atoms with van der Waals surface area (Å²) in [5, 5.41) is 5.80. The predicted octanol–water partition coefficient (Wildman–Crippen LogP) is 4.82. The molecule has 1 aliphatic carbocycles. The number of esters is 1. The number of ether oxygens (including phenoxy) is 1. The van der Waals surface area contributed by atoms with E-state index in [1.165, 1.54) is 30.4 Å². The van der Waals surface area contributed by atoms with Crippen molar-refractivity contribution in [3.63, 3.8) is 0 Å². The molecule has 1 saturated carbocycles. The maximum atomic E-state index is 14.0. The van der Waals surface area contributed by atoms with Crippen LogP contribution in [0.2, 0.25) is 0 Å². The zero-order chi connectivity index (χ0) is 20.0. The van der Waals surface area contributed by atoms with Crippen molar-refractivity contribution in [1.82, 2.24) is 5.32 Å². The Kier molecular flexibility index (Phi) is 4.83. The first kappa shape index (κ1) is 18.9. The smallest absolute Gasteiger partial charge is 0.336 e. The second kappa shape index (κ2) is 7.17. The molecule has 1 aromatic carbocycles. The Labute approximate surface area is 167 Å². The first-order chi connectivity index (χ1) is 13.4. The molecule has 1 fully saturated rings. The largest absolute Gasteiger partial charge is 0.462 e. The summed E-state index contributed by atoms with van der Waals surface area (Å²) in [6.07, 6.45) is 2.16. The van der Waals surface area contributed by atoms with E-state index in [9.17, 15) is 14.0 Å². The number of Topliss-reactive ketones (excluding diaryl/α,β-unsaturated/α-hetero) is 1. The molecule has 4 nitrogen and oxygen atoms in total. The number of carbonyl (C=O) groups excluding carboxylic acids is 2. The van der Waals surface area contributed by atoms with E-state index in [2.05, 4.69) is 5.32 Å². The summed E-state index contributed by atoms with van der Waals surface area (Å²) in [6.45, 7) is 5.54. The molecule has 1 unspecified atom stereocenters. The topological polar surface area (TPSA) is 55.4 Å². The maximum absolute atomic E-state index is 14.0. The Balaban J connectivity index is 1.85. The molecular formula is C22H22FNO3S. The second-order valence-corrected chi connectivity index (χ2v) is 8.48. The SMILES string of the molecule is CC(=O)C1=C(C)NC(C)=C(C(=O)OCC2CC2)C1c1csc2ccc(F)cc12. The highest BCUT2D eigenvalue weighted by Crippen LogP contribution is 2.44. The van der Waals surface area contributed by atoms with Crippen LogP contribution in [0.5, 0.6) is 0 Å². The molecule has 6 heteroatoms. The summed E-state index contributed by atoms with van der Waals surface area (Å²) >= 11 is 1.48. The second-order valence-electron chi connectivity index (χ2n) is 7.56. The van der Waals surface area contributed by atoms with Crippen LogP contribution in [0, 0.1) is 11.7 Å². The van der Waals surface area contributed by atoms with Crippen molar-refractivity contribution in [1.29, 1.82) is 0 Å². The third-order valence-electron chi connectivity index (χ3n) is 5.38. The van der Waals surface area contributed by atoms with Crippen LogP contribution in [0.15, 0.2) is 46.1 Å². The highest BCUT2D eigenvalue weighted by Gasteiger charge is 2.37. The fraction of sp³-hybridized carbons (Fsp3) is 0.364. The summed E-state index contributed by atoms with van der Waals surface area (Å²) in [6, 6.07) is 4.62. The van der Waals surface area contributed by atoms with Gasteiger partial charge in [0.15, 0.2) is 5.78 Å². The van der Waals surface area contributed by atoms with Crippen molar-refractivity contribution in [2.75, 3.05) is 6.61 Å². The van der Waals surface area contributed by atoms with Gasteiger partial charge in [-0.15, -0.1) is 11.3 Å². The van der Waals surface area contributed by atoms with Crippen LogP contribution in [-0.4, -0.2) is 18.4 Å². The number of benzene rings is 1. The third-order valence-corrected chi connectivity index (χ3v) is 6.36. The van der Waals surface area contributed by atoms with Gasteiger partial charge in [-0.1, -0.05) is 0 Å². The minimum absolute atomic E-state index is 0.120. The monoisotopic (exact) mass is 399 g/mol. The first-order valence-corrected chi connectivity index (χ1v) is 10.3. The van der Waals surface area contributed by atoms with E-state index in [1.54, 1.807) is 6.07 Å². The van der Waals surface area contributed by atoms with E-state index in [0.29, 0.717) is 35.1 Å². The normalized spacial score (nSPS) is 19.8. The fourth-order valence-corrected chi connectivity index (χ4v) is 4.81. The molecule has 0 bridgehead atoms. The van der Waals surface area contributed by atoms with Gasteiger partial charge in [-0.3, -0.25) is 4.79 Å². The number of allylic oxidation sites excluding steroid dienone is 3. The molecule has 0 spiro atoms. The summed E-state index contributed by atoms with van der Waals surface area (Å²) in [7, 11) is 0. The van der Waals surface area contributed by atoms with Gasteiger partial charge in [-0.2, -0.15) is 0 Å². The number of nitrogens with one attached hydrogen (secondary N) is 1. The van der Waals surface area contributed by atoms with Gasteiger partial charge in [-0.25, -0.2) is 9.18 Å². The summed E-state index contributed by atoms with van der Waals surface area (Å²) in [4.78, 5) is 25.5. The summed E-state index contributed by atoms with van der Waals surface area (Å²) in [5.74, 6) is -0.999. The lowest BCUT2D eigenvalue weighted by molar-refractivity contribution is -0.139. The molecule has 28 heavy (non-hydrogen) atoms. The number of rotatable bonds is 5. The number of carbonyl (C=O) groups is 2. The number of hydrogen-bond acceptors (Lipinski definition) is 5. The number of halogens is 1. The molecule has 1 N–H and O–H groups in total. The lowest BCUT2D eigenvalue weighted by Gasteiger charge is -2.30. The average Bonchev–Trinajstić information content (AvgIpc) is 3.37. The van der Waals surface area contributed by atoms with Gasteiger partial charge in [0.25, 0.3) is 0 Å². The summed E-state index contributed by atoms with van der Waals surface area (Å²) in [5.41, 5.74) is 3.10. The molecule has 1 aliphatic heterocycles. The Morgan fingerprint density at radius 3 is 2.61 bits per heavy atom. The number of hydrogen-bond donors (Lipinski definition) is 1. The van der Waals surface area contributed by atoms with E-state index in [-0.39, 0.29) is 11.6 Å². The van der Waals surface area contributed by atoms with Crippen molar-refractivity contribution in [3.8, 4) is 0 Å². The molecule has 1 atom stereocenters. The van der Waals surface area contributed by atoms with Crippen LogP contribution in [0.1, 0.15) is 45.1 Å². The summed E-state index contributed by atoms with van der Waals surface area (Å²) < 4.78 is 20.4. The van der Waals surface area contributed by atoms with Crippen molar-refractivity contribution < 1.29 is 18.7 Å². The molecule has 146 valence electrons. The first-order valence-electron chi connectivity index (χ1n) is 9.40. The van der Waals surface area contributed by atoms with Crippen molar-refractivity contribution in [2.24, 2.45) is 5.92 Å². The highest BCUT2D eigenvalue weighted by atomic mass is 32.1. The molecule has 0 amide bonds.